The standard InChI is InChI=1S/C53H61N5O11/c1-4-27-56(50(61)26-19-37-15-20-41(21-16-37)57(62)63)49-33-47(55-68-34-38-17-22-42(23-18-38)58(64)65)45-31-39(12-6-8-28-59)44(14-7-9-29-60)51-46-32-43(66-35-40-13-10-11-36(3)54-40)24-25-48(46)69-53(49,52(45)51)67-30-5-2/h5,10-11,13,15-26,31-32,39,44,49,51-52,59-60H,2,4,6-9,12,14,27-30,33-35H2,1,3H3. The fraction of sp³-hybridized carbons (Fsp3) is 0.415. The summed E-state index contributed by atoms with van der Waals surface area (Å²) in [5.74, 6) is -1.54. The number of ether oxygens (including phenoxy) is 3. The van der Waals surface area contributed by atoms with Crippen LogP contribution in [-0.2, 0) is 27.6 Å². The van der Waals surface area contributed by atoms with Crippen LogP contribution in [0.4, 0.5) is 11.4 Å². The number of allylic oxidation sites excluding steroid dienone is 1. The Morgan fingerprint density at radius 1 is 0.957 bits per heavy atom. The second-order valence-corrected chi connectivity index (χ2v) is 17.7. The number of fused-ring (bicyclic) bond motifs is 2. The second kappa shape index (κ2) is 23.5. The van der Waals surface area contributed by atoms with Crippen molar-refractivity contribution in [2.75, 3.05) is 26.4 Å². The average molecular weight is 944 g/mol. The van der Waals surface area contributed by atoms with Gasteiger partial charge in [-0.2, -0.15) is 0 Å². The molecule has 3 aliphatic rings. The molecule has 3 aromatic carbocycles. The molecule has 16 nitrogen and oxygen atoms in total. The number of aryl methyl sites for hydroxylation is 1. The van der Waals surface area contributed by atoms with E-state index >= 15 is 0 Å². The van der Waals surface area contributed by atoms with E-state index in [9.17, 15) is 35.2 Å². The lowest BCUT2D eigenvalue weighted by Gasteiger charge is -2.60. The molecule has 2 aliphatic carbocycles. The number of nitro benzene ring substituents is 2. The number of rotatable bonds is 24. The monoisotopic (exact) mass is 943 g/mol. The number of hydrogen-bond acceptors (Lipinski definition) is 13. The van der Waals surface area contributed by atoms with Crippen LogP contribution >= 0.6 is 0 Å². The van der Waals surface area contributed by atoms with Crippen molar-refractivity contribution in [2.45, 2.75) is 96.2 Å². The van der Waals surface area contributed by atoms with Gasteiger partial charge in [-0.1, -0.05) is 43.1 Å². The number of amides is 1. The molecule has 2 heterocycles. The van der Waals surface area contributed by atoms with Crippen LogP contribution in [0.2, 0.25) is 0 Å². The second-order valence-electron chi connectivity index (χ2n) is 17.7. The van der Waals surface area contributed by atoms with Gasteiger partial charge in [-0.3, -0.25) is 30.0 Å². The van der Waals surface area contributed by atoms with E-state index in [-0.39, 0.29) is 74.5 Å². The highest BCUT2D eigenvalue weighted by Gasteiger charge is 2.65. The van der Waals surface area contributed by atoms with E-state index in [0.29, 0.717) is 54.1 Å². The lowest BCUT2D eigenvalue weighted by atomic mass is 9.55. The maximum atomic E-state index is 14.8. The zero-order valence-electron chi connectivity index (χ0n) is 39.2. The SMILES string of the molecule is C=CCOC12Oc3ccc(OCc4cccc(C)n4)cc3C3C(CCCCO)C(CCCCO)C=C(C(=NOCc4ccc([N+](=O)[O-])cc4)CC1N(CCC)C(=O)C=Cc1ccc([N+](=O)[O-])cc1)C32. The first kappa shape index (κ1) is 50.1. The molecule has 1 aliphatic heterocycles. The van der Waals surface area contributed by atoms with E-state index in [1.807, 2.05) is 50.2 Å². The number of benzene rings is 3. The summed E-state index contributed by atoms with van der Waals surface area (Å²) < 4.78 is 20.9. The van der Waals surface area contributed by atoms with Gasteiger partial charge in [-0.05, 0) is 128 Å². The molecule has 1 amide bonds. The van der Waals surface area contributed by atoms with Gasteiger partial charge in [0.1, 0.15) is 30.8 Å². The summed E-state index contributed by atoms with van der Waals surface area (Å²) in [6.07, 6.45) is 12.0. The molecule has 1 fully saturated rings. The first-order chi connectivity index (χ1) is 33.5. The molecule has 16 heteroatoms. The van der Waals surface area contributed by atoms with Gasteiger partial charge >= 0.3 is 0 Å². The average Bonchev–Trinajstić information content (AvgIpc) is 3.35. The summed E-state index contributed by atoms with van der Waals surface area (Å²) in [5, 5.41) is 47.6. The van der Waals surface area contributed by atoms with Crippen molar-refractivity contribution in [1.29, 1.82) is 0 Å². The van der Waals surface area contributed by atoms with Crippen molar-refractivity contribution in [2.24, 2.45) is 22.9 Å². The van der Waals surface area contributed by atoms with Crippen molar-refractivity contribution in [1.82, 2.24) is 9.88 Å². The number of carbonyl (C=O) groups excluding carboxylic acids is 1. The third-order valence-corrected chi connectivity index (χ3v) is 13.2. The lowest BCUT2D eigenvalue weighted by Crippen LogP contribution is -2.70. The van der Waals surface area contributed by atoms with E-state index < -0.39 is 27.6 Å². The Kier molecular flexibility index (Phi) is 17.1. The summed E-state index contributed by atoms with van der Waals surface area (Å²) >= 11 is 0. The third-order valence-electron chi connectivity index (χ3n) is 13.2. The highest BCUT2D eigenvalue weighted by atomic mass is 16.7. The molecule has 0 radical (unpaired) electrons. The molecule has 0 spiro atoms. The molecule has 7 rings (SSSR count). The van der Waals surface area contributed by atoms with E-state index in [2.05, 4.69) is 17.6 Å². The first-order valence-corrected chi connectivity index (χ1v) is 23.7. The Balaban J connectivity index is 1.40. The number of non-ortho nitro benzene ring substituents is 2. The predicted molar refractivity (Wildman–Crippen MR) is 260 cm³/mol. The zero-order valence-corrected chi connectivity index (χ0v) is 39.2. The molecule has 0 bridgehead atoms. The Morgan fingerprint density at radius 2 is 1.67 bits per heavy atom. The molecule has 4 aromatic rings. The molecule has 69 heavy (non-hydrogen) atoms. The lowest BCUT2D eigenvalue weighted by molar-refractivity contribution is -0.385. The first-order valence-electron chi connectivity index (χ1n) is 23.7. The fourth-order valence-corrected chi connectivity index (χ4v) is 10.1. The van der Waals surface area contributed by atoms with Gasteiger partial charge in [0.05, 0.1) is 33.8 Å². The number of pyridine rings is 1. The minimum absolute atomic E-state index is 0.00922. The van der Waals surface area contributed by atoms with Gasteiger partial charge in [-0.15, -0.1) is 6.58 Å². The molecule has 1 saturated carbocycles. The number of nitrogens with zero attached hydrogens (tertiary/aromatic N) is 5. The van der Waals surface area contributed by atoms with E-state index in [4.69, 9.17) is 24.2 Å². The molecule has 6 unspecified atom stereocenters. The van der Waals surface area contributed by atoms with Gasteiger partial charge in [-0.25, -0.2) is 0 Å². The van der Waals surface area contributed by atoms with Gasteiger partial charge in [0.2, 0.25) is 11.7 Å². The number of nitro groups is 2. The molecular formula is C53H61N5O11. The number of unbranched alkanes of at least 4 members (excludes halogenated alkanes) is 2. The van der Waals surface area contributed by atoms with Crippen molar-refractivity contribution < 1.29 is 43.9 Å². The van der Waals surface area contributed by atoms with E-state index in [0.717, 1.165) is 48.2 Å². The van der Waals surface area contributed by atoms with Gasteiger partial charge in [0.15, 0.2) is 0 Å². The smallest absolute Gasteiger partial charge is 0.269 e. The summed E-state index contributed by atoms with van der Waals surface area (Å²) in [4.78, 5) is 49.3. The largest absolute Gasteiger partial charge is 0.487 e. The topological polar surface area (TPSA) is 209 Å². The van der Waals surface area contributed by atoms with Crippen LogP contribution in [0.15, 0.2) is 120 Å². The van der Waals surface area contributed by atoms with Gasteiger partial charge in [0.25, 0.3) is 11.4 Å². The maximum Gasteiger partial charge on any atom is 0.269 e. The van der Waals surface area contributed by atoms with Crippen LogP contribution in [0, 0.1) is 44.9 Å². The maximum absolute atomic E-state index is 14.8. The van der Waals surface area contributed by atoms with E-state index in [1.165, 1.54) is 30.3 Å². The van der Waals surface area contributed by atoms with Crippen LogP contribution in [0.1, 0.15) is 92.3 Å². The van der Waals surface area contributed by atoms with E-state index in [1.54, 1.807) is 41.3 Å². The molecule has 1 aromatic heterocycles. The number of oxime groups is 1. The highest BCUT2D eigenvalue weighted by Crippen LogP contribution is 2.62. The van der Waals surface area contributed by atoms with Crippen LogP contribution in [-0.4, -0.2) is 79.8 Å². The molecule has 6 atom stereocenters. The summed E-state index contributed by atoms with van der Waals surface area (Å²) in [7, 11) is 0. The molecule has 364 valence electrons. The van der Waals surface area contributed by atoms with Crippen LogP contribution in [0.25, 0.3) is 6.08 Å². The van der Waals surface area contributed by atoms with Crippen LogP contribution in [0.5, 0.6) is 11.5 Å². The number of hydrogen-bond donors (Lipinski definition) is 2. The predicted octanol–water partition coefficient (Wildman–Crippen LogP) is 9.57. The Labute approximate surface area is 402 Å². The van der Waals surface area contributed by atoms with Crippen LogP contribution < -0.4 is 9.47 Å². The zero-order chi connectivity index (χ0) is 48.9. The van der Waals surface area contributed by atoms with Crippen molar-refractivity contribution in [3.63, 3.8) is 0 Å². The molecule has 0 saturated heterocycles. The number of aliphatic hydroxyl groups excluding tert-OH is 2. The normalized spacial score (nSPS) is 21.9. The van der Waals surface area contributed by atoms with Crippen molar-refractivity contribution in [3.05, 3.63) is 164 Å². The van der Waals surface area contributed by atoms with Gasteiger partial charge < -0.3 is 34.2 Å². The summed E-state index contributed by atoms with van der Waals surface area (Å²) in [5.41, 5.74) is 5.16. The summed E-state index contributed by atoms with van der Waals surface area (Å²) in [6.45, 7) is 8.68. The molecular weight excluding hydrogens is 883 g/mol. The fourth-order valence-electron chi connectivity index (χ4n) is 10.1. The highest BCUT2D eigenvalue weighted by molar-refractivity contribution is 6.03. The van der Waals surface area contributed by atoms with Crippen LogP contribution in [0.3, 0.4) is 0 Å². The Morgan fingerprint density at radius 3 is 2.33 bits per heavy atom. The Bertz CT molecular complexity index is 2530. The number of carbonyl (C=O) groups is 1. The van der Waals surface area contributed by atoms with Crippen molar-refractivity contribution in [3.8, 4) is 11.5 Å². The summed E-state index contributed by atoms with van der Waals surface area (Å²) in [6, 6.07) is 22.8. The quantitative estimate of drug-likeness (QED) is 0.0221. The minimum Gasteiger partial charge on any atom is -0.487 e. The minimum atomic E-state index is -1.50. The number of aromatic nitrogens is 1. The third kappa shape index (κ3) is 11.8. The number of aliphatic hydroxyl groups is 2. The van der Waals surface area contributed by atoms with Crippen molar-refractivity contribution >= 4 is 29.1 Å². The Hall–Kier alpha value is -6.75. The van der Waals surface area contributed by atoms with Gasteiger partial charge in [0, 0.05) is 73.7 Å². The molecule has 2 N–H and O–H groups in total.